The first kappa shape index (κ1) is 25.3. The van der Waals surface area contributed by atoms with Gasteiger partial charge in [-0.2, -0.15) is 0 Å². The van der Waals surface area contributed by atoms with Crippen molar-refractivity contribution in [2.75, 3.05) is 28.1 Å². The molecule has 0 amide bonds. The first-order valence-electron chi connectivity index (χ1n) is 12.7. The molecular weight excluding hydrogens is 480 g/mol. The molecule has 0 unspecified atom stereocenters. The van der Waals surface area contributed by atoms with Gasteiger partial charge in [0.25, 0.3) is 0 Å². The van der Waals surface area contributed by atoms with Gasteiger partial charge in [0.2, 0.25) is 6.79 Å². The van der Waals surface area contributed by atoms with Gasteiger partial charge in [0, 0.05) is 6.07 Å². The Bertz CT molecular complexity index is 1400. The standard InChI is InChI=1S/C32H32O6/c1-33-26-6-4-5-22(15-26)7-8-24-11-13-29(35-3)32(19-24)38-28-17-25(16-27(20-28)34-2)10-9-23-12-14-30-31(18-23)37-21-36-30/h4-6,11-20H,7-10,21H2,1-3H3. The molecular formula is C32H32O6. The van der Waals surface area contributed by atoms with E-state index in [1.54, 1.807) is 21.3 Å². The van der Waals surface area contributed by atoms with Crippen molar-refractivity contribution in [1.82, 2.24) is 0 Å². The molecule has 0 N–H and O–H groups in total. The van der Waals surface area contributed by atoms with Crippen LogP contribution in [-0.4, -0.2) is 28.1 Å². The van der Waals surface area contributed by atoms with Gasteiger partial charge in [-0.15, -0.1) is 0 Å². The first-order chi connectivity index (χ1) is 18.6. The Kier molecular flexibility index (Phi) is 7.88. The fraction of sp³-hybridized carbons (Fsp3) is 0.250. The van der Waals surface area contributed by atoms with Crippen LogP contribution in [0.25, 0.3) is 0 Å². The number of fused-ring (bicyclic) bond motifs is 1. The van der Waals surface area contributed by atoms with E-state index in [2.05, 4.69) is 30.3 Å². The third kappa shape index (κ3) is 6.14. The number of ether oxygens (including phenoxy) is 6. The molecule has 1 heterocycles. The van der Waals surface area contributed by atoms with Crippen LogP contribution in [0.3, 0.4) is 0 Å². The van der Waals surface area contributed by atoms with E-state index < -0.39 is 0 Å². The lowest BCUT2D eigenvalue weighted by Gasteiger charge is -2.14. The highest BCUT2D eigenvalue weighted by atomic mass is 16.7. The SMILES string of the molecule is COc1cccc(CCc2ccc(OC)c(Oc3cc(CCc4ccc5c(c4)OCO5)cc(OC)c3)c2)c1. The molecule has 1 aliphatic rings. The maximum Gasteiger partial charge on any atom is 0.231 e. The smallest absolute Gasteiger partial charge is 0.231 e. The van der Waals surface area contributed by atoms with Crippen molar-refractivity contribution in [3.8, 4) is 40.2 Å². The van der Waals surface area contributed by atoms with E-state index >= 15 is 0 Å². The van der Waals surface area contributed by atoms with Crippen molar-refractivity contribution in [2.45, 2.75) is 25.7 Å². The van der Waals surface area contributed by atoms with Crippen LogP contribution < -0.4 is 28.4 Å². The summed E-state index contributed by atoms with van der Waals surface area (Å²) in [6.45, 7) is 0.279. The maximum absolute atomic E-state index is 6.36. The zero-order valence-electron chi connectivity index (χ0n) is 22.0. The molecule has 6 nitrogen and oxygen atoms in total. The number of methoxy groups -OCH3 is 3. The lowest BCUT2D eigenvalue weighted by atomic mass is 10.0. The first-order valence-corrected chi connectivity index (χ1v) is 12.7. The van der Waals surface area contributed by atoms with E-state index in [1.165, 1.54) is 11.1 Å². The Hall–Kier alpha value is -4.32. The van der Waals surface area contributed by atoms with Crippen LogP contribution in [0, 0.1) is 0 Å². The van der Waals surface area contributed by atoms with Gasteiger partial charge in [-0.05, 0) is 96.5 Å². The predicted molar refractivity (Wildman–Crippen MR) is 146 cm³/mol. The summed E-state index contributed by atoms with van der Waals surface area (Å²) in [6, 6.07) is 26.3. The highest BCUT2D eigenvalue weighted by Crippen LogP contribution is 2.36. The summed E-state index contributed by atoms with van der Waals surface area (Å²) in [5.41, 5.74) is 4.69. The topological polar surface area (TPSA) is 55.4 Å². The molecule has 0 spiro atoms. The van der Waals surface area contributed by atoms with Crippen molar-refractivity contribution >= 4 is 0 Å². The van der Waals surface area contributed by atoms with E-state index in [0.29, 0.717) is 17.2 Å². The molecule has 1 aliphatic heterocycles. The number of benzene rings is 4. The van der Waals surface area contributed by atoms with Crippen LogP contribution in [0.5, 0.6) is 40.2 Å². The van der Waals surface area contributed by atoms with Crippen molar-refractivity contribution < 1.29 is 28.4 Å². The van der Waals surface area contributed by atoms with Crippen LogP contribution in [0.4, 0.5) is 0 Å². The van der Waals surface area contributed by atoms with E-state index in [-0.39, 0.29) is 6.79 Å². The minimum Gasteiger partial charge on any atom is -0.497 e. The Labute approximate surface area is 223 Å². The second-order valence-corrected chi connectivity index (χ2v) is 9.14. The molecule has 196 valence electrons. The summed E-state index contributed by atoms with van der Waals surface area (Å²) >= 11 is 0. The molecule has 0 atom stereocenters. The minimum atomic E-state index is 0.279. The van der Waals surface area contributed by atoms with E-state index in [4.69, 9.17) is 28.4 Å². The van der Waals surface area contributed by atoms with Crippen LogP contribution in [0.2, 0.25) is 0 Å². The number of aryl methyl sites for hydroxylation is 4. The average Bonchev–Trinajstić information content (AvgIpc) is 3.43. The van der Waals surface area contributed by atoms with Gasteiger partial charge in [-0.1, -0.05) is 24.3 Å². The van der Waals surface area contributed by atoms with Gasteiger partial charge in [-0.25, -0.2) is 0 Å². The van der Waals surface area contributed by atoms with Crippen molar-refractivity contribution in [3.05, 3.63) is 101 Å². The maximum atomic E-state index is 6.36. The highest BCUT2D eigenvalue weighted by molar-refractivity contribution is 5.48. The predicted octanol–water partition coefficient (Wildman–Crippen LogP) is 6.80. The van der Waals surface area contributed by atoms with E-state index in [9.17, 15) is 0 Å². The Morgan fingerprint density at radius 3 is 1.97 bits per heavy atom. The van der Waals surface area contributed by atoms with E-state index in [0.717, 1.165) is 59.8 Å². The lowest BCUT2D eigenvalue weighted by Crippen LogP contribution is -1.97. The largest absolute Gasteiger partial charge is 0.497 e. The fourth-order valence-electron chi connectivity index (χ4n) is 4.54. The molecule has 0 aliphatic carbocycles. The van der Waals surface area contributed by atoms with Gasteiger partial charge in [0.1, 0.15) is 17.2 Å². The molecule has 0 aromatic heterocycles. The quantitative estimate of drug-likeness (QED) is 0.220. The molecule has 38 heavy (non-hydrogen) atoms. The zero-order valence-corrected chi connectivity index (χ0v) is 22.0. The highest BCUT2D eigenvalue weighted by Gasteiger charge is 2.14. The molecule has 5 rings (SSSR count). The van der Waals surface area contributed by atoms with E-state index in [1.807, 2.05) is 48.5 Å². The van der Waals surface area contributed by atoms with Gasteiger partial charge < -0.3 is 28.4 Å². The molecule has 0 fully saturated rings. The summed E-state index contributed by atoms with van der Waals surface area (Å²) in [4.78, 5) is 0. The number of hydrogen-bond donors (Lipinski definition) is 0. The second-order valence-electron chi connectivity index (χ2n) is 9.14. The number of hydrogen-bond acceptors (Lipinski definition) is 6. The van der Waals surface area contributed by atoms with Gasteiger partial charge in [0.05, 0.1) is 21.3 Å². The normalized spacial score (nSPS) is 11.8. The summed E-state index contributed by atoms with van der Waals surface area (Å²) in [7, 11) is 5.01. The zero-order chi connectivity index (χ0) is 26.3. The van der Waals surface area contributed by atoms with Crippen molar-refractivity contribution in [3.63, 3.8) is 0 Å². The summed E-state index contributed by atoms with van der Waals surface area (Å²) in [5, 5.41) is 0. The molecule has 0 saturated heterocycles. The summed E-state index contributed by atoms with van der Waals surface area (Å²) < 4.78 is 33.8. The summed E-state index contributed by atoms with van der Waals surface area (Å²) in [5.74, 6) is 5.27. The molecule has 4 aromatic carbocycles. The third-order valence-electron chi connectivity index (χ3n) is 6.61. The van der Waals surface area contributed by atoms with Crippen LogP contribution in [-0.2, 0) is 25.7 Å². The molecule has 0 saturated carbocycles. The van der Waals surface area contributed by atoms with Gasteiger partial charge in [0.15, 0.2) is 23.0 Å². The molecule has 6 heteroatoms. The fourth-order valence-corrected chi connectivity index (χ4v) is 4.54. The van der Waals surface area contributed by atoms with Crippen molar-refractivity contribution in [1.29, 1.82) is 0 Å². The number of rotatable bonds is 11. The average molecular weight is 513 g/mol. The molecule has 0 bridgehead atoms. The molecule has 0 radical (unpaired) electrons. The van der Waals surface area contributed by atoms with Crippen LogP contribution in [0.1, 0.15) is 22.3 Å². The van der Waals surface area contributed by atoms with Crippen LogP contribution in [0.15, 0.2) is 78.9 Å². The monoisotopic (exact) mass is 512 g/mol. The second kappa shape index (κ2) is 11.8. The Balaban J connectivity index is 1.30. The summed E-state index contributed by atoms with van der Waals surface area (Å²) in [6.07, 6.45) is 3.44. The molecule has 4 aromatic rings. The van der Waals surface area contributed by atoms with Crippen LogP contribution >= 0.6 is 0 Å². The Morgan fingerprint density at radius 2 is 1.18 bits per heavy atom. The third-order valence-corrected chi connectivity index (χ3v) is 6.61. The van der Waals surface area contributed by atoms with Gasteiger partial charge >= 0.3 is 0 Å². The minimum absolute atomic E-state index is 0.279. The lowest BCUT2D eigenvalue weighted by molar-refractivity contribution is 0.174. The van der Waals surface area contributed by atoms with Gasteiger partial charge in [-0.3, -0.25) is 0 Å². The van der Waals surface area contributed by atoms with Crippen molar-refractivity contribution in [2.24, 2.45) is 0 Å². The Morgan fingerprint density at radius 1 is 0.526 bits per heavy atom.